The van der Waals surface area contributed by atoms with Gasteiger partial charge in [-0.2, -0.15) is 5.10 Å². The monoisotopic (exact) mass is 291 g/mol. The van der Waals surface area contributed by atoms with Gasteiger partial charge in [-0.15, -0.1) is 0 Å². The Balaban J connectivity index is 1.66. The van der Waals surface area contributed by atoms with Crippen LogP contribution < -0.4 is 5.32 Å². The molecule has 0 saturated heterocycles. The number of benzene rings is 1. The Morgan fingerprint density at radius 1 is 1.30 bits per heavy atom. The largest absolute Gasteiger partial charge is 0.314 e. The number of nitrogens with zero attached hydrogens (tertiary/aromatic N) is 1. The third-order valence-electron chi connectivity index (χ3n) is 3.51. The van der Waals surface area contributed by atoms with Gasteiger partial charge in [0.05, 0.1) is 6.20 Å². The highest BCUT2D eigenvalue weighted by molar-refractivity contribution is 6.30. The molecule has 108 valence electrons. The second-order valence-electron chi connectivity index (χ2n) is 5.31. The van der Waals surface area contributed by atoms with E-state index in [0.29, 0.717) is 6.04 Å². The van der Waals surface area contributed by atoms with Gasteiger partial charge in [-0.3, -0.25) is 5.10 Å². The van der Waals surface area contributed by atoms with Crippen LogP contribution in [0.15, 0.2) is 30.5 Å². The van der Waals surface area contributed by atoms with E-state index in [2.05, 4.69) is 41.5 Å². The van der Waals surface area contributed by atoms with Gasteiger partial charge >= 0.3 is 0 Å². The molecule has 2 rings (SSSR count). The zero-order chi connectivity index (χ0) is 14.4. The molecule has 2 aromatic rings. The molecule has 0 radical (unpaired) electrons. The number of aryl methyl sites for hydroxylation is 2. The molecule has 20 heavy (non-hydrogen) atoms. The Hall–Kier alpha value is -1.32. The summed E-state index contributed by atoms with van der Waals surface area (Å²) in [5.74, 6) is 0. The van der Waals surface area contributed by atoms with Crippen LogP contribution in [0.1, 0.15) is 30.2 Å². The average Bonchev–Trinajstić information content (AvgIpc) is 2.83. The van der Waals surface area contributed by atoms with Gasteiger partial charge in [0.25, 0.3) is 0 Å². The van der Waals surface area contributed by atoms with Crippen LogP contribution in [0, 0.1) is 6.92 Å². The van der Waals surface area contributed by atoms with E-state index < -0.39 is 0 Å². The quantitative estimate of drug-likeness (QED) is 0.766. The predicted molar refractivity (Wildman–Crippen MR) is 84.3 cm³/mol. The second kappa shape index (κ2) is 7.46. The van der Waals surface area contributed by atoms with E-state index in [9.17, 15) is 0 Å². The summed E-state index contributed by atoms with van der Waals surface area (Å²) in [6.45, 7) is 5.32. The molecule has 0 aliphatic heterocycles. The molecule has 0 aliphatic carbocycles. The van der Waals surface area contributed by atoms with E-state index >= 15 is 0 Å². The zero-order valence-corrected chi connectivity index (χ0v) is 12.9. The molecule has 0 aliphatic rings. The average molecular weight is 292 g/mol. The highest BCUT2D eigenvalue weighted by Gasteiger charge is 2.04. The lowest BCUT2D eigenvalue weighted by Gasteiger charge is -2.13. The van der Waals surface area contributed by atoms with Crippen LogP contribution in [0.5, 0.6) is 0 Å². The van der Waals surface area contributed by atoms with Crippen LogP contribution >= 0.6 is 11.6 Å². The van der Waals surface area contributed by atoms with Crippen molar-refractivity contribution < 1.29 is 0 Å². The molecular formula is C16H22ClN3. The lowest BCUT2D eigenvalue weighted by Crippen LogP contribution is -2.29. The molecule has 3 nitrogen and oxygen atoms in total. The highest BCUT2D eigenvalue weighted by Crippen LogP contribution is 2.11. The zero-order valence-electron chi connectivity index (χ0n) is 12.1. The van der Waals surface area contributed by atoms with Crippen LogP contribution in [0.2, 0.25) is 5.02 Å². The van der Waals surface area contributed by atoms with Crippen LogP contribution in [-0.2, 0) is 12.8 Å². The first kappa shape index (κ1) is 15.1. The highest BCUT2D eigenvalue weighted by atomic mass is 35.5. The van der Waals surface area contributed by atoms with Crippen molar-refractivity contribution in [1.82, 2.24) is 15.5 Å². The Morgan fingerprint density at radius 3 is 2.70 bits per heavy atom. The minimum absolute atomic E-state index is 0.474. The van der Waals surface area contributed by atoms with Crippen molar-refractivity contribution in [3.63, 3.8) is 0 Å². The van der Waals surface area contributed by atoms with Gasteiger partial charge in [-0.05, 0) is 62.9 Å². The van der Waals surface area contributed by atoms with Crippen LogP contribution in [0.4, 0.5) is 0 Å². The van der Waals surface area contributed by atoms with Crippen LogP contribution in [0.25, 0.3) is 0 Å². The molecule has 1 atom stereocenters. The SMILES string of the molecule is Cc1[nH]ncc1CCCNC(C)Cc1ccc(Cl)cc1. The maximum atomic E-state index is 5.89. The molecule has 1 aromatic heterocycles. The summed E-state index contributed by atoms with van der Waals surface area (Å²) < 4.78 is 0. The molecule has 0 amide bonds. The summed E-state index contributed by atoms with van der Waals surface area (Å²) in [6, 6.07) is 8.56. The second-order valence-corrected chi connectivity index (χ2v) is 5.75. The first-order valence-corrected chi connectivity index (χ1v) is 7.49. The van der Waals surface area contributed by atoms with Crippen LogP contribution in [0.3, 0.4) is 0 Å². The number of halogens is 1. The van der Waals surface area contributed by atoms with Crippen molar-refractivity contribution in [1.29, 1.82) is 0 Å². The Morgan fingerprint density at radius 2 is 2.05 bits per heavy atom. The number of rotatable bonds is 7. The molecule has 2 N–H and O–H groups in total. The van der Waals surface area contributed by atoms with Crippen molar-refractivity contribution in [3.8, 4) is 0 Å². The number of hydrogen-bond acceptors (Lipinski definition) is 2. The molecule has 1 heterocycles. The smallest absolute Gasteiger partial charge is 0.0522 e. The first-order chi connectivity index (χ1) is 9.65. The fourth-order valence-corrected chi connectivity index (χ4v) is 2.43. The molecule has 0 fully saturated rings. The van der Waals surface area contributed by atoms with Crippen molar-refractivity contribution in [2.75, 3.05) is 6.54 Å². The molecule has 1 aromatic carbocycles. The number of nitrogens with one attached hydrogen (secondary N) is 2. The summed E-state index contributed by atoms with van der Waals surface area (Å²) in [5.41, 5.74) is 3.82. The van der Waals surface area contributed by atoms with Gasteiger partial charge in [0.2, 0.25) is 0 Å². The molecule has 0 bridgehead atoms. The van der Waals surface area contributed by atoms with Gasteiger partial charge in [-0.25, -0.2) is 0 Å². The van der Waals surface area contributed by atoms with E-state index in [0.717, 1.165) is 30.8 Å². The van der Waals surface area contributed by atoms with Gasteiger partial charge < -0.3 is 5.32 Å². The Kier molecular flexibility index (Phi) is 5.62. The van der Waals surface area contributed by atoms with Gasteiger partial charge in [0.15, 0.2) is 0 Å². The van der Waals surface area contributed by atoms with Crippen molar-refractivity contribution >= 4 is 11.6 Å². The molecule has 1 unspecified atom stereocenters. The van der Waals surface area contributed by atoms with E-state index in [-0.39, 0.29) is 0 Å². The predicted octanol–water partition coefficient (Wildman–Crippen LogP) is 3.52. The summed E-state index contributed by atoms with van der Waals surface area (Å²) in [6.07, 6.45) is 5.16. The molecular weight excluding hydrogens is 270 g/mol. The van der Waals surface area contributed by atoms with E-state index in [1.165, 1.54) is 16.8 Å². The summed E-state index contributed by atoms with van der Waals surface area (Å²) in [7, 11) is 0. The topological polar surface area (TPSA) is 40.7 Å². The summed E-state index contributed by atoms with van der Waals surface area (Å²) in [5, 5.41) is 11.4. The first-order valence-electron chi connectivity index (χ1n) is 7.12. The van der Waals surface area contributed by atoms with Crippen LogP contribution in [-0.4, -0.2) is 22.8 Å². The van der Waals surface area contributed by atoms with E-state index in [1.54, 1.807) is 0 Å². The standard InChI is InChI=1S/C16H22ClN3/c1-12(10-14-5-7-16(17)8-6-14)18-9-3-4-15-11-19-20-13(15)2/h5-8,11-12,18H,3-4,9-10H2,1-2H3,(H,19,20). The van der Waals surface area contributed by atoms with E-state index in [1.807, 2.05) is 18.3 Å². The van der Waals surface area contributed by atoms with E-state index in [4.69, 9.17) is 11.6 Å². The lowest BCUT2D eigenvalue weighted by atomic mass is 10.1. The Labute approximate surface area is 125 Å². The fraction of sp³-hybridized carbons (Fsp3) is 0.438. The Bertz CT molecular complexity index is 519. The number of aromatic amines is 1. The molecule has 4 heteroatoms. The minimum Gasteiger partial charge on any atom is -0.314 e. The van der Waals surface area contributed by atoms with Crippen molar-refractivity contribution in [3.05, 3.63) is 52.3 Å². The number of hydrogen-bond donors (Lipinski definition) is 2. The molecule has 0 spiro atoms. The van der Waals surface area contributed by atoms with Gasteiger partial charge in [0.1, 0.15) is 0 Å². The third kappa shape index (κ3) is 4.66. The summed E-state index contributed by atoms with van der Waals surface area (Å²) in [4.78, 5) is 0. The van der Waals surface area contributed by atoms with Gasteiger partial charge in [-0.1, -0.05) is 23.7 Å². The maximum absolute atomic E-state index is 5.89. The number of H-pyrrole nitrogens is 1. The normalized spacial score (nSPS) is 12.6. The maximum Gasteiger partial charge on any atom is 0.0522 e. The molecule has 0 saturated carbocycles. The third-order valence-corrected chi connectivity index (χ3v) is 3.76. The number of aromatic nitrogens is 2. The van der Waals surface area contributed by atoms with Gasteiger partial charge in [0, 0.05) is 16.8 Å². The minimum atomic E-state index is 0.474. The van der Waals surface area contributed by atoms with Crippen molar-refractivity contribution in [2.45, 2.75) is 39.2 Å². The van der Waals surface area contributed by atoms with Crippen molar-refractivity contribution in [2.24, 2.45) is 0 Å². The lowest BCUT2D eigenvalue weighted by molar-refractivity contribution is 0.534. The fourth-order valence-electron chi connectivity index (χ4n) is 2.30. The summed E-state index contributed by atoms with van der Waals surface area (Å²) >= 11 is 5.89.